The van der Waals surface area contributed by atoms with Crippen molar-refractivity contribution in [2.24, 2.45) is 17.8 Å². The monoisotopic (exact) mass is 1720 g/mol. The topological polar surface area (TPSA) is 63.2 Å². The van der Waals surface area contributed by atoms with Crippen molar-refractivity contribution < 1.29 is 63.6 Å². The van der Waals surface area contributed by atoms with Crippen LogP contribution in [-0.4, -0.2) is 45.9 Å². The third kappa shape index (κ3) is 28.1. The summed E-state index contributed by atoms with van der Waals surface area (Å²) in [6.07, 6.45) is 32.7. The highest BCUT2D eigenvalue weighted by Crippen LogP contribution is 2.58. The maximum absolute atomic E-state index is 14.5. The largest absolute Gasteiger partial charge is 0.491 e. The number of aryl methyl sites for hydroxylation is 5. The molecule has 4 fully saturated rings. The summed E-state index contributed by atoms with van der Waals surface area (Å²) in [5.41, 5.74) is 10.8. The third-order valence-electron chi connectivity index (χ3n) is 24.7. The molecule has 0 N–H and O–H groups in total. The molecule has 0 radical (unpaired) electrons. The zero-order valence-corrected chi connectivity index (χ0v) is 76.0. The van der Waals surface area contributed by atoms with Crippen molar-refractivity contribution in [1.82, 2.24) is 0 Å². The summed E-state index contributed by atoms with van der Waals surface area (Å²) in [7, 11) is -1.84. The molecule has 6 nitrogen and oxygen atoms in total. The second-order valence-electron chi connectivity index (χ2n) is 33.5. The summed E-state index contributed by atoms with van der Waals surface area (Å²) in [6.45, 7) is 23.8. The number of hydrogen-bond donors (Lipinski definition) is 0. The van der Waals surface area contributed by atoms with E-state index in [-0.39, 0.29) is 40.7 Å². The minimum Gasteiger partial charge on any atom is -0.491 e. The Balaban J connectivity index is 0.000000180. The van der Waals surface area contributed by atoms with Crippen LogP contribution in [0, 0.1) is 92.0 Å². The van der Waals surface area contributed by atoms with Gasteiger partial charge in [0.15, 0.2) is 52.6 Å². The smallest absolute Gasteiger partial charge is 0.201 e. The van der Waals surface area contributed by atoms with E-state index in [0.29, 0.717) is 73.0 Å². The second kappa shape index (κ2) is 51.3. The maximum Gasteiger partial charge on any atom is 0.201 e. The first kappa shape index (κ1) is 98.4. The molecule has 0 unspecified atom stereocenters. The van der Waals surface area contributed by atoms with Gasteiger partial charge in [0.05, 0.1) is 38.2 Å². The summed E-state index contributed by atoms with van der Waals surface area (Å²) in [4.78, 5) is 10.4. The molecule has 15 heteroatoms. The van der Waals surface area contributed by atoms with Crippen molar-refractivity contribution in [3.8, 4) is 23.0 Å². The molecule has 0 amide bonds. The van der Waals surface area contributed by atoms with Crippen LogP contribution in [-0.2, 0) is 23.7 Å². The third-order valence-corrected chi connectivity index (χ3v) is 29.1. The molecule has 0 atom stereocenters. The molecule has 10 aromatic rings. The summed E-state index contributed by atoms with van der Waals surface area (Å²) in [5, 5.41) is 4.36. The highest BCUT2D eigenvalue weighted by molar-refractivity contribution is 7.95. The average Bonchev–Trinajstić information content (AvgIpc) is 0.755. The molecule has 1 aliphatic heterocycles. The van der Waals surface area contributed by atoms with Crippen LogP contribution in [0.3, 0.4) is 0 Å². The van der Waals surface area contributed by atoms with Crippen LogP contribution in [0.15, 0.2) is 194 Å². The van der Waals surface area contributed by atoms with Crippen LogP contribution in [0.5, 0.6) is 23.0 Å². The molecule has 10 aromatic carbocycles. The van der Waals surface area contributed by atoms with E-state index < -0.39 is 53.8 Å². The Morgan fingerprint density at radius 1 is 0.363 bits per heavy atom. The van der Waals surface area contributed by atoms with E-state index in [4.69, 9.17) is 23.7 Å². The van der Waals surface area contributed by atoms with Crippen LogP contribution < -0.4 is 34.9 Å². The first-order chi connectivity index (χ1) is 60.1. The van der Waals surface area contributed by atoms with Crippen LogP contribution >= 0.6 is 7.26 Å². The molecular formula is C109H132F8O6P+. The Kier molecular flexibility index (Phi) is 40.7. The number of hydrogen-bond acceptors (Lipinski definition) is 6. The zero-order chi connectivity index (χ0) is 88.9. The standard InChI is InChI=1S/C34H38P.C26H34F2O.C26H32F2O.C10H10F2O2.C9H10F2O.C4H8O/c1-2-12-28-19-23-30(24-20-28)31-25-21-29(22-26-31)27-35(32-13-6-3-7-14-32,33-15-8-4-9-16-33)34-17-10-5-11-18-34;2*1-4-6-19-7-12-21(13-8-19)22-14-9-20(10-15-22)11-16-23-18(3)17-24(29-5-2)26(28)25(23)27;1-3-14-8-4-6(2)7(5-13)9(11)10(8)12;1-3-12-8-5-6(2)4-7(10)9(8)11;1-2-4-5-3-1/h3-11,13-18,21-22,25-26,28,30H,2,12,19-20,23-24,27H2,1H3;9-10,14-15,17,19,21H,4-8,11-13,16H2,1-3H3;9-11,14-17,19,21H,4-8,12-13H2,1-3H3;4-5H,3H2,1-2H3;4-5H,3H2,1-2H3;1-4H2/q+1;;;;;/b;;16-11+;;;. The van der Waals surface area contributed by atoms with E-state index in [1.165, 1.54) is 186 Å². The highest BCUT2D eigenvalue weighted by atomic mass is 31.2. The fraction of sp³-hybridized carbons (Fsp3) is 0.422. The second-order valence-corrected chi connectivity index (χ2v) is 37.0. The van der Waals surface area contributed by atoms with Crippen molar-refractivity contribution >= 4 is 41.6 Å². The van der Waals surface area contributed by atoms with Crippen LogP contribution in [0.4, 0.5) is 35.1 Å². The first-order valence-electron chi connectivity index (χ1n) is 45.6. The van der Waals surface area contributed by atoms with Gasteiger partial charge in [0, 0.05) is 18.8 Å². The molecular weight excluding hydrogens is 1590 g/mol. The number of carbonyl (C=O) groups is 1. The highest BCUT2D eigenvalue weighted by Gasteiger charge is 2.45. The Hall–Kier alpha value is -9.36. The Morgan fingerprint density at radius 3 is 1.09 bits per heavy atom. The zero-order valence-electron chi connectivity index (χ0n) is 75.1. The van der Waals surface area contributed by atoms with Gasteiger partial charge in [0.25, 0.3) is 0 Å². The number of halogens is 8. The predicted molar refractivity (Wildman–Crippen MR) is 498 cm³/mol. The first-order valence-corrected chi connectivity index (χ1v) is 47.5. The minimum atomic E-state index is -1.84. The summed E-state index contributed by atoms with van der Waals surface area (Å²) >= 11 is 0. The summed E-state index contributed by atoms with van der Waals surface area (Å²) in [5.74, 6) is -2.80. The molecule has 664 valence electrons. The Morgan fingerprint density at radius 2 is 0.718 bits per heavy atom. The van der Waals surface area contributed by atoms with Gasteiger partial charge in [0.2, 0.25) is 23.3 Å². The summed E-state index contributed by atoms with van der Waals surface area (Å²) < 4.78 is 134. The van der Waals surface area contributed by atoms with Gasteiger partial charge in [-0.2, -0.15) is 17.6 Å². The fourth-order valence-electron chi connectivity index (χ4n) is 17.9. The van der Waals surface area contributed by atoms with Gasteiger partial charge in [0.1, 0.15) is 23.2 Å². The molecule has 0 spiro atoms. The van der Waals surface area contributed by atoms with Gasteiger partial charge >= 0.3 is 0 Å². The fourth-order valence-corrected chi connectivity index (χ4v) is 22.2. The Labute approximate surface area is 735 Å². The van der Waals surface area contributed by atoms with Gasteiger partial charge < -0.3 is 23.7 Å². The molecule has 1 saturated heterocycles. The van der Waals surface area contributed by atoms with Gasteiger partial charge in [-0.3, -0.25) is 4.79 Å². The van der Waals surface area contributed by atoms with Crippen LogP contribution in [0.1, 0.15) is 272 Å². The molecule has 124 heavy (non-hydrogen) atoms. The lowest BCUT2D eigenvalue weighted by Gasteiger charge is -2.29. The van der Waals surface area contributed by atoms with Gasteiger partial charge in [-0.15, -0.1) is 0 Å². The van der Waals surface area contributed by atoms with Crippen LogP contribution in [0.25, 0.3) is 12.2 Å². The maximum atomic E-state index is 14.5. The summed E-state index contributed by atoms with van der Waals surface area (Å²) in [6, 6.07) is 67.8. The van der Waals surface area contributed by atoms with E-state index in [1.807, 2.05) is 13.0 Å². The number of carbonyl (C=O) groups excluding carboxylic acids is 1. The van der Waals surface area contributed by atoms with Gasteiger partial charge in [-0.1, -0.05) is 199 Å². The average molecular weight is 1720 g/mol. The Bertz CT molecular complexity index is 4760. The molecule has 3 aliphatic carbocycles. The quantitative estimate of drug-likeness (QED) is 0.0211. The van der Waals surface area contributed by atoms with E-state index in [1.54, 1.807) is 65.3 Å². The van der Waals surface area contributed by atoms with E-state index in [0.717, 1.165) is 60.2 Å². The molecule has 4 aliphatic rings. The molecule has 0 bridgehead atoms. The minimum absolute atomic E-state index is 0.00395. The molecule has 1 heterocycles. The molecule has 3 saturated carbocycles. The van der Waals surface area contributed by atoms with Gasteiger partial charge in [-0.25, -0.2) is 17.6 Å². The van der Waals surface area contributed by atoms with Crippen molar-refractivity contribution in [3.63, 3.8) is 0 Å². The normalized spacial score (nSPS) is 17.3. The van der Waals surface area contributed by atoms with Crippen molar-refractivity contribution in [3.05, 3.63) is 313 Å². The van der Waals surface area contributed by atoms with E-state index in [2.05, 4.69) is 185 Å². The lowest BCUT2D eigenvalue weighted by Crippen LogP contribution is -2.32. The lowest BCUT2D eigenvalue weighted by molar-refractivity contribution is 0.111. The number of aldehydes is 1. The van der Waals surface area contributed by atoms with Gasteiger partial charge in [-0.05, 0) is 322 Å². The number of benzene rings is 10. The number of ether oxygens (including phenoxy) is 5. The molecule has 14 rings (SSSR count). The predicted octanol–water partition coefficient (Wildman–Crippen LogP) is 29.7. The van der Waals surface area contributed by atoms with E-state index >= 15 is 0 Å². The van der Waals surface area contributed by atoms with Crippen LogP contribution in [0.2, 0.25) is 0 Å². The number of rotatable bonds is 28. The SMILES string of the molecule is C1CCOC1.CCCC1CCC(c2ccc(/C=C/c3c(C)cc(OCC)c(F)c3F)cc2)CC1.CCCC1CCC(c2ccc(CCc3c(C)cc(OCC)c(F)c3F)cc2)CC1.CCCC1CCC(c2ccc(C[P+](c3ccccc3)(c3ccccc3)c3ccccc3)cc2)CC1.CCOc1cc(C)c(C=O)c(F)c1F.CCOc1cc(C)cc(F)c1F. The van der Waals surface area contributed by atoms with Crippen molar-refractivity contribution in [2.75, 3.05) is 39.6 Å². The van der Waals surface area contributed by atoms with Crippen molar-refractivity contribution in [2.45, 2.75) is 241 Å². The lowest BCUT2D eigenvalue weighted by atomic mass is 9.77. The van der Waals surface area contributed by atoms with E-state index in [9.17, 15) is 39.9 Å². The van der Waals surface area contributed by atoms with Crippen molar-refractivity contribution in [1.29, 1.82) is 0 Å². The molecule has 0 aromatic heterocycles.